The van der Waals surface area contributed by atoms with Crippen LogP contribution in [0.25, 0.3) is 11.3 Å². The van der Waals surface area contributed by atoms with Crippen LogP contribution in [0.2, 0.25) is 0 Å². The summed E-state index contributed by atoms with van der Waals surface area (Å²) in [6, 6.07) is 16.1. The van der Waals surface area contributed by atoms with Crippen LogP contribution in [0, 0.1) is 6.92 Å². The van der Waals surface area contributed by atoms with Gasteiger partial charge in [0.2, 0.25) is 5.88 Å². The molecule has 0 atom stereocenters. The fourth-order valence-corrected chi connectivity index (χ4v) is 3.75. The van der Waals surface area contributed by atoms with Crippen molar-refractivity contribution in [3.05, 3.63) is 63.0 Å². The van der Waals surface area contributed by atoms with Crippen LogP contribution in [0.5, 0.6) is 11.6 Å². The zero-order valence-corrected chi connectivity index (χ0v) is 17.9. The highest BCUT2D eigenvalue weighted by Crippen LogP contribution is 2.35. The molecule has 0 aliphatic heterocycles. The Kier molecular flexibility index (Phi) is 6.38. The Morgan fingerprint density at radius 2 is 1.81 bits per heavy atom. The Labute approximate surface area is 170 Å². The van der Waals surface area contributed by atoms with E-state index in [1.54, 1.807) is 0 Å². The largest absolute Gasteiger partial charge is 0.491 e. The molecule has 0 unspecified atom stereocenters. The fourth-order valence-electron chi connectivity index (χ4n) is 2.65. The first-order chi connectivity index (χ1) is 12.6. The van der Waals surface area contributed by atoms with Crippen LogP contribution in [0.15, 0.2) is 57.5 Å². The summed E-state index contributed by atoms with van der Waals surface area (Å²) >= 11 is 7.11. The topological polar surface area (TPSA) is 36.3 Å². The van der Waals surface area contributed by atoms with Crippen molar-refractivity contribution in [2.75, 3.05) is 13.2 Å². The molecule has 26 heavy (non-hydrogen) atoms. The summed E-state index contributed by atoms with van der Waals surface area (Å²) in [5, 5.41) is 4.72. The van der Waals surface area contributed by atoms with E-state index < -0.39 is 0 Å². The molecule has 0 saturated heterocycles. The first-order valence-electron chi connectivity index (χ1n) is 8.43. The molecular formula is C20H20Br2N2O2. The van der Waals surface area contributed by atoms with Crippen molar-refractivity contribution in [3.63, 3.8) is 0 Å². The van der Waals surface area contributed by atoms with Crippen LogP contribution >= 0.6 is 31.9 Å². The Morgan fingerprint density at radius 1 is 1.04 bits per heavy atom. The molecule has 0 radical (unpaired) electrons. The van der Waals surface area contributed by atoms with Crippen LogP contribution in [0.1, 0.15) is 12.5 Å². The zero-order chi connectivity index (χ0) is 18.5. The van der Waals surface area contributed by atoms with Gasteiger partial charge in [0.15, 0.2) is 0 Å². The molecule has 3 aromatic rings. The second-order valence-corrected chi connectivity index (χ2v) is 7.46. The first-order valence-corrected chi connectivity index (χ1v) is 10.0. The van der Waals surface area contributed by atoms with Gasteiger partial charge in [-0.1, -0.05) is 46.3 Å². The number of aryl methyl sites for hydroxylation is 1. The molecule has 0 aliphatic carbocycles. The minimum atomic E-state index is 0.505. The van der Waals surface area contributed by atoms with E-state index in [0.717, 1.165) is 37.4 Å². The highest BCUT2D eigenvalue weighted by atomic mass is 79.9. The van der Waals surface area contributed by atoms with Crippen LogP contribution in [0.3, 0.4) is 0 Å². The minimum absolute atomic E-state index is 0.505. The van der Waals surface area contributed by atoms with Gasteiger partial charge < -0.3 is 9.47 Å². The van der Waals surface area contributed by atoms with Crippen molar-refractivity contribution in [1.29, 1.82) is 0 Å². The number of hydrogen-bond acceptors (Lipinski definition) is 3. The van der Waals surface area contributed by atoms with Gasteiger partial charge >= 0.3 is 0 Å². The summed E-state index contributed by atoms with van der Waals surface area (Å²) in [6.07, 6.45) is 0. The van der Waals surface area contributed by atoms with E-state index in [-0.39, 0.29) is 0 Å². The van der Waals surface area contributed by atoms with E-state index in [4.69, 9.17) is 14.6 Å². The average molecular weight is 480 g/mol. The molecule has 1 heterocycles. The lowest BCUT2D eigenvalue weighted by molar-refractivity contribution is 0.258. The number of hydrogen-bond donors (Lipinski definition) is 0. The highest BCUT2D eigenvalue weighted by molar-refractivity contribution is 9.11. The number of benzene rings is 2. The summed E-state index contributed by atoms with van der Waals surface area (Å²) in [5.74, 6) is 1.60. The zero-order valence-electron chi connectivity index (χ0n) is 14.7. The number of halogens is 2. The van der Waals surface area contributed by atoms with Crippen LogP contribution < -0.4 is 9.47 Å². The van der Waals surface area contributed by atoms with Crippen LogP contribution in [-0.2, 0) is 6.54 Å². The standard InChI is InChI=1S/C20H20Br2N2O2/c1-3-25-20-18(22)19(15-7-5-4-6-8-15)23-24(20)11-12-26-17-10-9-16(21)13-14(17)2/h4-10,13H,3,11-12H2,1-2H3. The molecule has 0 saturated carbocycles. The summed E-state index contributed by atoms with van der Waals surface area (Å²) in [4.78, 5) is 0. The van der Waals surface area contributed by atoms with Crippen molar-refractivity contribution in [2.24, 2.45) is 0 Å². The number of aromatic nitrogens is 2. The number of nitrogens with zero attached hydrogens (tertiary/aromatic N) is 2. The van der Waals surface area contributed by atoms with E-state index in [0.29, 0.717) is 19.8 Å². The SMILES string of the molecule is CCOc1c(Br)c(-c2ccccc2)nn1CCOc1ccc(Br)cc1C. The fraction of sp³-hybridized carbons (Fsp3) is 0.250. The molecule has 6 heteroatoms. The molecule has 0 aliphatic rings. The third kappa shape index (κ3) is 4.30. The molecule has 0 bridgehead atoms. The van der Waals surface area contributed by atoms with Crippen LogP contribution in [-0.4, -0.2) is 23.0 Å². The predicted octanol–water partition coefficient (Wildman–Crippen LogP) is 5.86. The van der Waals surface area contributed by atoms with Crippen molar-refractivity contribution >= 4 is 31.9 Å². The van der Waals surface area contributed by atoms with Gasteiger partial charge in [-0.3, -0.25) is 0 Å². The molecular weight excluding hydrogens is 460 g/mol. The van der Waals surface area contributed by atoms with Gasteiger partial charge in [-0.05, 0) is 53.5 Å². The predicted molar refractivity (Wildman–Crippen MR) is 111 cm³/mol. The van der Waals surface area contributed by atoms with E-state index in [1.165, 1.54) is 0 Å². The van der Waals surface area contributed by atoms with Gasteiger partial charge in [0.1, 0.15) is 22.5 Å². The molecule has 1 aromatic heterocycles. The molecule has 4 nitrogen and oxygen atoms in total. The Morgan fingerprint density at radius 3 is 2.50 bits per heavy atom. The van der Waals surface area contributed by atoms with Gasteiger partial charge in [-0.15, -0.1) is 0 Å². The lowest BCUT2D eigenvalue weighted by Gasteiger charge is -2.11. The Balaban J connectivity index is 1.78. The second-order valence-electron chi connectivity index (χ2n) is 5.75. The third-order valence-electron chi connectivity index (χ3n) is 3.88. The van der Waals surface area contributed by atoms with E-state index >= 15 is 0 Å². The maximum Gasteiger partial charge on any atom is 0.227 e. The Bertz CT molecular complexity index is 879. The number of ether oxygens (including phenoxy) is 2. The number of rotatable bonds is 7. The van der Waals surface area contributed by atoms with E-state index in [2.05, 4.69) is 31.9 Å². The van der Waals surface area contributed by atoms with E-state index in [9.17, 15) is 0 Å². The molecule has 0 N–H and O–H groups in total. The van der Waals surface area contributed by atoms with Gasteiger partial charge in [-0.2, -0.15) is 5.10 Å². The molecule has 2 aromatic carbocycles. The normalized spacial score (nSPS) is 10.8. The van der Waals surface area contributed by atoms with Crippen molar-refractivity contribution in [3.8, 4) is 22.9 Å². The molecule has 0 spiro atoms. The Hall–Kier alpha value is -1.79. The summed E-state index contributed by atoms with van der Waals surface area (Å²) in [5.41, 5.74) is 3.01. The van der Waals surface area contributed by atoms with Crippen molar-refractivity contribution in [1.82, 2.24) is 9.78 Å². The smallest absolute Gasteiger partial charge is 0.227 e. The summed E-state index contributed by atoms with van der Waals surface area (Å²) in [7, 11) is 0. The molecule has 136 valence electrons. The van der Waals surface area contributed by atoms with Crippen molar-refractivity contribution < 1.29 is 9.47 Å². The second kappa shape index (κ2) is 8.73. The van der Waals surface area contributed by atoms with Gasteiger partial charge in [-0.25, -0.2) is 4.68 Å². The maximum absolute atomic E-state index is 5.93. The summed E-state index contributed by atoms with van der Waals surface area (Å²) < 4.78 is 15.5. The molecule has 0 fully saturated rings. The monoisotopic (exact) mass is 478 g/mol. The average Bonchev–Trinajstić information content (AvgIpc) is 2.94. The summed E-state index contributed by atoms with van der Waals surface area (Å²) in [6.45, 7) is 5.67. The van der Waals surface area contributed by atoms with Crippen LogP contribution in [0.4, 0.5) is 0 Å². The highest BCUT2D eigenvalue weighted by Gasteiger charge is 2.18. The minimum Gasteiger partial charge on any atom is -0.491 e. The van der Waals surface area contributed by atoms with Gasteiger partial charge in [0.05, 0.1) is 13.2 Å². The molecule has 3 rings (SSSR count). The quantitative estimate of drug-likeness (QED) is 0.425. The molecule has 0 amide bonds. The van der Waals surface area contributed by atoms with Gasteiger partial charge in [0.25, 0.3) is 0 Å². The van der Waals surface area contributed by atoms with E-state index in [1.807, 2.05) is 67.1 Å². The lowest BCUT2D eigenvalue weighted by atomic mass is 10.2. The third-order valence-corrected chi connectivity index (χ3v) is 5.08. The van der Waals surface area contributed by atoms with Crippen molar-refractivity contribution in [2.45, 2.75) is 20.4 Å². The first kappa shape index (κ1) is 19.0. The van der Waals surface area contributed by atoms with Gasteiger partial charge in [0, 0.05) is 10.0 Å². The lowest BCUT2D eigenvalue weighted by Crippen LogP contribution is -2.12. The maximum atomic E-state index is 5.93.